The van der Waals surface area contributed by atoms with Gasteiger partial charge < -0.3 is 10.2 Å². The van der Waals surface area contributed by atoms with Gasteiger partial charge in [0.2, 0.25) is 5.91 Å². The summed E-state index contributed by atoms with van der Waals surface area (Å²) in [5.74, 6) is -0.405. The van der Waals surface area contributed by atoms with E-state index in [1.807, 2.05) is 18.7 Å². The molecule has 8 nitrogen and oxygen atoms in total. The van der Waals surface area contributed by atoms with E-state index in [0.29, 0.717) is 11.7 Å². The Labute approximate surface area is 163 Å². The molecule has 1 N–H and O–H groups in total. The van der Waals surface area contributed by atoms with Crippen molar-refractivity contribution in [1.29, 1.82) is 0 Å². The number of nitrogens with zero attached hydrogens (tertiary/aromatic N) is 5. The number of carbonyl (C=O) groups is 2. The minimum atomic E-state index is -0.574. The van der Waals surface area contributed by atoms with Crippen molar-refractivity contribution in [2.75, 3.05) is 13.1 Å². The third kappa shape index (κ3) is 4.32. The Morgan fingerprint density at radius 3 is 2.56 bits per heavy atom. The van der Waals surface area contributed by atoms with Crippen LogP contribution in [0.15, 0.2) is 12.3 Å². The summed E-state index contributed by atoms with van der Waals surface area (Å²) < 4.78 is 3.34. The van der Waals surface area contributed by atoms with Gasteiger partial charge in [0.15, 0.2) is 0 Å². The van der Waals surface area contributed by atoms with Gasteiger partial charge in [-0.2, -0.15) is 10.2 Å². The standard InChI is InChI=1S/C18H25ClN6O2/c1-12-16(19)14(3)25(21-12)11-24-10-7-15(22-24)17(26)20-13(2)18(27)23-8-5-4-6-9-23/h7,10,13H,4-6,8-9,11H2,1-3H3,(H,20,26). The average molecular weight is 393 g/mol. The number of rotatable bonds is 5. The smallest absolute Gasteiger partial charge is 0.272 e. The molecule has 0 aromatic carbocycles. The predicted molar refractivity (Wildman–Crippen MR) is 102 cm³/mol. The fraction of sp³-hybridized carbons (Fsp3) is 0.556. The molecule has 1 aliphatic rings. The highest BCUT2D eigenvalue weighted by Gasteiger charge is 2.24. The van der Waals surface area contributed by atoms with Crippen LogP contribution in [0.5, 0.6) is 0 Å². The molecule has 3 heterocycles. The number of carbonyl (C=O) groups excluding carboxylic acids is 2. The molecule has 2 aromatic rings. The summed E-state index contributed by atoms with van der Waals surface area (Å²) in [7, 11) is 0. The van der Waals surface area contributed by atoms with E-state index >= 15 is 0 Å². The van der Waals surface area contributed by atoms with Crippen molar-refractivity contribution < 1.29 is 9.59 Å². The first-order valence-corrected chi connectivity index (χ1v) is 9.57. The predicted octanol–water partition coefficient (Wildman–Crippen LogP) is 1.99. The van der Waals surface area contributed by atoms with Crippen LogP contribution in [-0.2, 0) is 11.5 Å². The topological polar surface area (TPSA) is 85.0 Å². The second-order valence-electron chi connectivity index (χ2n) is 6.95. The first kappa shape index (κ1) is 19.4. The molecule has 0 saturated carbocycles. The molecular weight excluding hydrogens is 368 g/mol. The summed E-state index contributed by atoms with van der Waals surface area (Å²) in [6, 6.07) is 1.05. The monoisotopic (exact) mass is 392 g/mol. The van der Waals surface area contributed by atoms with Crippen LogP contribution >= 0.6 is 11.6 Å². The molecule has 0 radical (unpaired) electrons. The Bertz CT molecular complexity index is 837. The minimum absolute atomic E-state index is 0.0419. The maximum atomic E-state index is 12.4. The van der Waals surface area contributed by atoms with Crippen molar-refractivity contribution in [2.45, 2.75) is 52.7 Å². The molecule has 1 saturated heterocycles. The number of aromatic nitrogens is 4. The van der Waals surface area contributed by atoms with Crippen LogP contribution < -0.4 is 5.32 Å². The molecule has 2 amide bonds. The van der Waals surface area contributed by atoms with Crippen LogP contribution in [0.3, 0.4) is 0 Å². The highest BCUT2D eigenvalue weighted by molar-refractivity contribution is 6.31. The highest BCUT2D eigenvalue weighted by atomic mass is 35.5. The summed E-state index contributed by atoms with van der Waals surface area (Å²) in [6.07, 6.45) is 4.90. The van der Waals surface area contributed by atoms with Crippen LogP contribution in [0, 0.1) is 13.8 Å². The molecule has 0 aliphatic carbocycles. The van der Waals surface area contributed by atoms with E-state index in [4.69, 9.17) is 11.6 Å². The van der Waals surface area contributed by atoms with E-state index in [2.05, 4.69) is 15.5 Å². The Morgan fingerprint density at radius 1 is 1.22 bits per heavy atom. The van der Waals surface area contributed by atoms with Crippen molar-refractivity contribution in [2.24, 2.45) is 0 Å². The summed E-state index contributed by atoms with van der Waals surface area (Å²) in [6.45, 7) is 7.32. The lowest BCUT2D eigenvalue weighted by atomic mass is 10.1. The Kier molecular flexibility index (Phi) is 5.84. The molecule has 9 heteroatoms. The van der Waals surface area contributed by atoms with Crippen LogP contribution in [0.25, 0.3) is 0 Å². The van der Waals surface area contributed by atoms with Crippen LogP contribution in [0.1, 0.15) is 48.1 Å². The zero-order valence-corrected chi connectivity index (χ0v) is 16.7. The van der Waals surface area contributed by atoms with E-state index in [1.54, 1.807) is 28.6 Å². The van der Waals surface area contributed by atoms with Gasteiger partial charge in [-0.25, -0.2) is 4.68 Å². The minimum Gasteiger partial charge on any atom is -0.341 e. The van der Waals surface area contributed by atoms with Gasteiger partial charge in [0.25, 0.3) is 5.91 Å². The van der Waals surface area contributed by atoms with Gasteiger partial charge >= 0.3 is 0 Å². The zero-order valence-electron chi connectivity index (χ0n) is 15.9. The van der Waals surface area contributed by atoms with Gasteiger partial charge in [-0.3, -0.25) is 14.3 Å². The number of aryl methyl sites for hydroxylation is 1. The van der Waals surface area contributed by atoms with Gasteiger partial charge in [-0.15, -0.1) is 0 Å². The summed E-state index contributed by atoms with van der Waals surface area (Å²) in [5.41, 5.74) is 1.86. The number of amides is 2. The molecule has 1 unspecified atom stereocenters. The largest absolute Gasteiger partial charge is 0.341 e. The van der Waals surface area contributed by atoms with Gasteiger partial charge in [0.05, 0.1) is 16.4 Å². The highest BCUT2D eigenvalue weighted by Crippen LogP contribution is 2.18. The zero-order chi connectivity index (χ0) is 19.6. The number of likely N-dealkylation sites (tertiary alicyclic amines) is 1. The molecular formula is C18H25ClN6O2. The van der Waals surface area contributed by atoms with E-state index < -0.39 is 6.04 Å². The first-order valence-electron chi connectivity index (χ1n) is 9.19. The lowest BCUT2D eigenvalue weighted by Crippen LogP contribution is -2.48. The molecule has 3 rings (SSSR count). The third-order valence-corrected chi connectivity index (χ3v) is 5.38. The number of nitrogens with one attached hydrogen (secondary N) is 1. The van der Waals surface area contributed by atoms with Crippen molar-refractivity contribution in [1.82, 2.24) is 29.8 Å². The number of halogens is 1. The Morgan fingerprint density at radius 2 is 1.93 bits per heavy atom. The number of piperidine rings is 1. The van der Waals surface area contributed by atoms with Gasteiger partial charge in [0.1, 0.15) is 18.4 Å². The maximum Gasteiger partial charge on any atom is 0.272 e. The van der Waals surface area contributed by atoms with Gasteiger partial charge in [0, 0.05) is 19.3 Å². The van der Waals surface area contributed by atoms with E-state index in [9.17, 15) is 9.59 Å². The first-order chi connectivity index (χ1) is 12.9. The molecule has 1 atom stereocenters. The van der Waals surface area contributed by atoms with Crippen molar-refractivity contribution >= 4 is 23.4 Å². The second kappa shape index (κ2) is 8.12. The summed E-state index contributed by atoms with van der Waals surface area (Å²) >= 11 is 6.16. The van der Waals surface area contributed by atoms with Crippen LogP contribution in [0.4, 0.5) is 0 Å². The van der Waals surface area contributed by atoms with Crippen molar-refractivity contribution in [3.63, 3.8) is 0 Å². The Hall–Kier alpha value is -2.35. The van der Waals surface area contributed by atoms with Crippen molar-refractivity contribution in [3.05, 3.63) is 34.4 Å². The number of hydrogen-bond acceptors (Lipinski definition) is 4. The SMILES string of the molecule is Cc1nn(Cn2ccc(C(=O)NC(C)C(=O)N3CCCCC3)n2)c(C)c1Cl. The summed E-state index contributed by atoms with van der Waals surface area (Å²) in [4.78, 5) is 26.7. The second-order valence-corrected chi connectivity index (χ2v) is 7.33. The molecule has 27 heavy (non-hydrogen) atoms. The normalized spacial score (nSPS) is 15.6. The molecule has 146 valence electrons. The van der Waals surface area contributed by atoms with Gasteiger partial charge in [-0.05, 0) is 46.1 Å². The molecule has 2 aromatic heterocycles. The van der Waals surface area contributed by atoms with Gasteiger partial charge in [-0.1, -0.05) is 11.6 Å². The van der Waals surface area contributed by atoms with Crippen LogP contribution in [0.2, 0.25) is 5.02 Å². The molecule has 1 fully saturated rings. The fourth-order valence-electron chi connectivity index (χ4n) is 3.23. The Balaban J connectivity index is 1.60. The molecule has 1 aliphatic heterocycles. The van der Waals surface area contributed by atoms with E-state index in [1.165, 1.54) is 0 Å². The van der Waals surface area contributed by atoms with E-state index in [-0.39, 0.29) is 17.5 Å². The van der Waals surface area contributed by atoms with Crippen LogP contribution in [-0.4, -0.2) is 55.4 Å². The third-order valence-electron chi connectivity index (χ3n) is 4.83. The summed E-state index contributed by atoms with van der Waals surface area (Å²) in [5, 5.41) is 12.0. The quantitative estimate of drug-likeness (QED) is 0.843. The fourth-order valence-corrected chi connectivity index (χ4v) is 3.37. The lowest BCUT2D eigenvalue weighted by molar-refractivity contribution is -0.133. The van der Waals surface area contributed by atoms with E-state index in [0.717, 1.165) is 43.7 Å². The molecule has 0 bridgehead atoms. The molecule has 0 spiro atoms. The number of hydrogen-bond donors (Lipinski definition) is 1. The maximum absolute atomic E-state index is 12.4. The van der Waals surface area contributed by atoms with Crippen molar-refractivity contribution in [3.8, 4) is 0 Å². The average Bonchev–Trinajstić information content (AvgIpc) is 3.23. The lowest BCUT2D eigenvalue weighted by Gasteiger charge is -2.29.